The van der Waals surface area contributed by atoms with Gasteiger partial charge >= 0.3 is 0 Å². The summed E-state index contributed by atoms with van der Waals surface area (Å²) in [6, 6.07) is 11.6. The highest BCUT2D eigenvalue weighted by molar-refractivity contribution is 7.92. The van der Waals surface area contributed by atoms with Crippen molar-refractivity contribution in [2.75, 3.05) is 15.8 Å². The fourth-order valence-corrected chi connectivity index (χ4v) is 2.61. The maximum atomic E-state index is 11.5. The Balaban J connectivity index is 2.06. The van der Waals surface area contributed by atoms with Crippen molar-refractivity contribution in [2.45, 2.75) is 33.1 Å². The Morgan fingerprint density at radius 1 is 1.00 bits per heavy atom. The first-order valence-electron chi connectivity index (χ1n) is 7.54. The molecule has 1 heterocycles. The molecule has 23 heavy (non-hydrogen) atoms. The van der Waals surface area contributed by atoms with E-state index in [9.17, 15) is 8.42 Å². The molecule has 6 heteroatoms. The maximum Gasteiger partial charge on any atom is 0.232 e. The van der Waals surface area contributed by atoms with Gasteiger partial charge in [-0.15, -0.1) is 0 Å². The lowest BCUT2D eigenvalue weighted by Crippen LogP contribution is -2.14. The second kappa shape index (κ2) is 6.58. The predicted molar refractivity (Wildman–Crippen MR) is 95.7 cm³/mol. The first-order valence-corrected chi connectivity index (χ1v) is 9.19. The van der Waals surface area contributed by atoms with Crippen molar-refractivity contribution < 1.29 is 8.42 Å². The van der Waals surface area contributed by atoms with Gasteiger partial charge in [-0.05, 0) is 42.2 Å². The summed E-state index contributed by atoms with van der Waals surface area (Å²) >= 11 is 0. The Morgan fingerprint density at radius 3 is 2.09 bits per heavy atom. The number of sulfonamides is 1. The van der Waals surface area contributed by atoms with Crippen LogP contribution in [-0.4, -0.2) is 19.2 Å². The van der Waals surface area contributed by atoms with E-state index in [-0.39, 0.29) is 11.2 Å². The number of rotatable bonds is 5. The van der Waals surface area contributed by atoms with Crippen LogP contribution in [0.1, 0.15) is 33.3 Å². The van der Waals surface area contributed by atoms with Gasteiger partial charge in [-0.25, -0.2) is 13.4 Å². The van der Waals surface area contributed by atoms with Crippen molar-refractivity contribution in [2.24, 2.45) is 0 Å². The van der Waals surface area contributed by atoms with Crippen molar-refractivity contribution >= 4 is 27.2 Å². The average Bonchev–Trinajstić information content (AvgIpc) is 2.49. The van der Waals surface area contributed by atoms with Crippen LogP contribution in [0.15, 0.2) is 42.6 Å². The molecular weight excluding hydrogens is 310 g/mol. The molecule has 0 spiro atoms. The molecule has 0 unspecified atom stereocenters. The number of anilines is 3. The van der Waals surface area contributed by atoms with Crippen molar-refractivity contribution in [1.82, 2.24) is 4.98 Å². The number of hydrogen-bond acceptors (Lipinski definition) is 4. The Morgan fingerprint density at radius 2 is 1.61 bits per heavy atom. The summed E-state index contributed by atoms with van der Waals surface area (Å²) in [5.41, 5.74) is 2.78. The van der Waals surface area contributed by atoms with E-state index in [4.69, 9.17) is 0 Å². The smallest absolute Gasteiger partial charge is 0.232 e. The van der Waals surface area contributed by atoms with Gasteiger partial charge in [0.05, 0.1) is 17.6 Å². The van der Waals surface area contributed by atoms with Crippen molar-refractivity contribution in [3.8, 4) is 0 Å². The van der Waals surface area contributed by atoms with E-state index in [1.807, 2.05) is 12.1 Å². The number of aromatic nitrogens is 1. The molecule has 0 saturated heterocycles. The molecule has 0 radical (unpaired) electrons. The van der Waals surface area contributed by atoms with Crippen LogP contribution in [0.25, 0.3) is 0 Å². The lowest BCUT2D eigenvalue weighted by molar-refractivity contribution is 0.590. The summed E-state index contributed by atoms with van der Waals surface area (Å²) in [4.78, 5) is 4.23. The number of pyridine rings is 1. The third kappa shape index (κ3) is 4.96. The Bertz CT molecular complexity index is 746. The number of nitrogens with zero attached hydrogens (tertiary/aromatic N) is 1. The molecule has 0 aliphatic heterocycles. The lowest BCUT2D eigenvalue weighted by Gasteiger charge is -2.19. The second-order valence-corrected chi connectivity index (χ2v) is 8.40. The topological polar surface area (TPSA) is 71.1 Å². The van der Waals surface area contributed by atoms with Crippen LogP contribution in [0.5, 0.6) is 0 Å². The van der Waals surface area contributed by atoms with E-state index in [1.54, 1.807) is 19.1 Å². The molecule has 0 fully saturated rings. The van der Waals surface area contributed by atoms with Gasteiger partial charge < -0.3 is 5.32 Å². The summed E-state index contributed by atoms with van der Waals surface area (Å²) in [5, 5.41) is 3.20. The van der Waals surface area contributed by atoms with Crippen molar-refractivity contribution in [1.29, 1.82) is 0 Å². The van der Waals surface area contributed by atoms with Crippen LogP contribution in [-0.2, 0) is 15.4 Å². The zero-order valence-corrected chi connectivity index (χ0v) is 14.7. The van der Waals surface area contributed by atoms with Crippen LogP contribution in [0, 0.1) is 0 Å². The van der Waals surface area contributed by atoms with Crippen molar-refractivity contribution in [3.63, 3.8) is 0 Å². The molecule has 124 valence electrons. The first kappa shape index (κ1) is 17.3. The molecule has 0 atom stereocenters. The monoisotopic (exact) mass is 333 g/mol. The van der Waals surface area contributed by atoms with E-state index in [1.165, 1.54) is 11.8 Å². The minimum absolute atomic E-state index is 0.0348. The summed E-state index contributed by atoms with van der Waals surface area (Å²) in [6.07, 6.45) is 1.50. The molecule has 2 rings (SSSR count). The molecule has 0 amide bonds. The first-order chi connectivity index (χ1) is 10.7. The van der Waals surface area contributed by atoms with Gasteiger partial charge in [0, 0.05) is 5.69 Å². The van der Waals surface area contributed by atoms with E-state index in [0.717, 1.165) is 5.69 Å². The molecular formula is C17H23N3O2S. The maximum absolute atomic E-state index is 11.5. The number of benzene rings is 1. The van der Waals surface area contributed by atoms with Gasteiger partial charge in [0.25, 0.3) is 0 Å². The third-order valence-corrected chi connectivity index (χ3v) is 4.75. The molecule has 0 saturated carbocycles. The summed E-state index contributed by atoms with van der Waals surface area (Å²) in [5.74, 6) is 0.695. The summed E-state index contributed by atoms with van der Waals surface area (Å²) < 4.78 is 25.5. The van der Waals surface area contributed by atoms with E-state index < -0.39 is 10.0 Å². The highest BCUT2D eigenvalue weighted by Gasteiger charge is 2.12. The van der Waals surface area contributed by atoms with Crippen LogP contribution in [0.3, 0.4) is 0 Å². The Hall–Kier alpha value is -2.08. The highest BCUT2D eigenvalue weighted by atomic mass is 32.2. The minimum Gasteiger partial charge on any atom is -0.340 e. The van der Waals surface area contributed by atoms with E-state index in [2.05, 4.69) is 47.9 Å². The van der Waals surface area contributed by atoms with E-state index >= 15 is 0 Å². The normalized spacial score (nSPS) is 12.0. The minimum atomic E-state index is -3.27. The van der Waals surface area contributed by atoms with Crippen molar-refractivity contribution in [3.05, 3.63) is 48.2 Å². The summed E-state index contributed by atoms with van der Waals surface area (Å²) in [6.45, 7) is 8.11. The highest BCUT2D eigenvalue weighted by Crippen LogP contribution is 2.24. The zero-order valence-electron chi connectivity index (χ0n) is 13.9. The van der Waals surface area contributed by atoms with Gasteiger partial charge in [-0.1, -0.05) is 32.9 Å². The zero-order chi connectivity index (χ0) is 17.1. The summed E-state index contributed by atoms with van der Waals surface area (Å²) in [7, 11) is -3.27. The van der Waals surface area contributed by atoms with Gasteiger partial charge in [-0.2, -0.15) is 0 Å². The fourth-order valence-electron chi connectivity index (χ4n) is 1.98. The Kier molecular flexibility index (Phi) is 4.94. The molecule has 5 nitrogen and oxygen atoms in total. The largest absolute Gasteiger partial charge is 0.340 e. The third-order valence-electron chi connectivity index (χ3n) is 3.44. The van der Waals surface area contributed by atoms with Gasteiger partial charge in [0.1, 0.15) is 5.82 Å². The van der Waals surface area contributed by atoms with Gasteiger partial charge in [-0.3, -0.25) is 4.72 Å². The van der Waals surface area contributed by atoms with Crippen LogP contribution in [0.2, 0.25) is 0 Å². The molecule has 0 aliphatic carbocycles. The van der Waals surface area contributed by atoms with Crippen LogP contribution in [0.4, 0.5) is 17.2 Å². The van der Waals surface area contributed by atoms with Crippen LogP contribution >= 0.6 is 0 Å². The SMILES string of the molecule is CCS(=O)(=O)Nc1ccc(Nc2ccc(C(C)(C)C)cc2)nc1. The van der Waals surface area contributed by atoms with E-state index in [0.29, 0.717) is 11.5 Å². The molecule has 2 aromatic rings. The Labute approximate surface area is 138 Å². The molecule has 1 aromatic heterocycles. The quantitative estimate of drug-likeness (QED) is 0.871. The lowest BCUT2D eigenvalue weighted by atomic mass is 9.87. The molecule has 0 aliphatic rings. The molecule has 0 bridgehead atoms. The number of hydrogen-bond donors (Lipinski definition) is 2. The van der Waals surface area contributed by atoms with Gasteiger partial charge in [0.15, 0.2) is 0 Å². The average molecular weight is 333 g/mol. The van der Waals surface area contributed by atoms with Crippen LogP contribution < -0.4 is 10.0 Å². The predicted octanol–water partition coefficient (Wildman–Crippen LogP) is 3.88. The van der Waals surface area contributed by atoms with Gasteiger partial charge in [0.2, 0.25) is 10.0 Å². The standard InChI is InChI=1S/C17H23N3O2S/c1-5-23(21,22)20-15-10-11-16(18-12-15)19-14-8-6-13(7-9-14)17(2,3)4/h6-12,20H,5H2,1-4H3,(H,18,19). The molecule has 2 N–H and O–H groups in total. The fraction of sp³-hybridized carbons (Fsp3) is 0.353. The molecule has 1 aromatic carbocycles. The number of nitrogens with one attached hydrogen (secondary N) is 2. The second-order valence-electron chi connectivity index (χ2n) is 6.39.